The Balaban J connectivity index is 1.92. The topological polar surface area (TPSA) is 61.9 Å². The molecule has 0 saturated carbocycles. The first kappa shape index (κ1) is 20.0. The molecule has 3 aromatic rings. The Labute approximate surface area is 174 Å². The molecule has 30 heavy (non-hydrogen) atoms. The number of halogens is 4. The van der Waals surface area contributed by atoms with Crippen LogP contribution in [0.25, 0.3) is 16.9 Å². The molecule has 2 aromatic carbocycles. The molecule has 0 N–H and O–H groups in total. The van der Waals surface area contributed by atoms with E-state index in [1.807, 2.05) is 6.07 Å². The summed E-state index contributed by atoms with van der Waals surface area (Å²) in [7, 11) is 0. The number of benzene rings is 2. The average Bonchev–Trinajstić information content (AvgIpc) is 3.10. The molecule has 2 heterocycles. The highest BCUT2D eigenvalue weighted by Gasteiger charge is 2.39. The van der Waals surface area contributed by atoms with Crippen molar-refractivity contribution in [2.24, 2.45) is 0 Å². The largest absolute Gasteiger partial charge is 0.406 e. The third-order valence-electron chi connectivity index (χ3n) is 4.82. The maximum absolute atomic E-state index is 13.0. The number of rotatable bonds is 3. The monoisotopic (exact) mass is 430 g/mol. The number of carbonyl (C=O) groups is 1. The zero-order chi connectivity index (χ0) is 21.5. The number of nitrogens with zero attached hydrogens (tertiary/aromatic N) is 4. The van der Waals surface area contributed by atoms with Crippen molar-refractivity contribution in [1.29, 1.82) is 5.26 Å². The maximum atomic E-state index is 13.0. The summed E-state index contributed by atoms with van der Waals surface area (Å²) in [5, 5.41) is 14.0. The lowest BCUT2D eigenvalue weighted by molar-refractivity contribution is -0.141. The van der Waals surface area contributed by atoms with Gasteiger partial charge in [-0.2, -0.15) is 23.5 Å². The standard InChI is InChI=1S/C21H14ClF3N4O/c22-15-3-1-2-4-17(15)29-19(14-7-5-13(11-26)6-8-14)18-16(27-29)9-10-28(20(18)30)12-21(23,24)25/h1-8H,9-10,12H2. The second-order valence-electron chi connectivity index (χ2n) is 6.81. The Bertz CT molecular complexity index is 1160. The summed E-state index contributed by atoms with van der Waals surface area (Å²) in [5.41, 5.74) is 2.35. The lowest BCUT2D eigenvalue weighted by Gasteiger charge is -2.27. The molecule has 0 atom stereocenters. The number of aromatic nitrogens is 2. The fourth-order valence-electron chi connectivity index (χ4n) is 3.50. The minimum absolute atomic E-state index is 0.0717. The Kier molecular flexibility index (Phi) is 5.00. The van der Waals surface area contributed by atoms with E-state index in [0.29, 0.717) is 33.2 Å². The van der Waals surface area contributed by atoms with Crippen LogP contribution in [0, 0.1) is 11.3 Å². The fourth-order valence-corrected chi connectivity index (χ4v) is 3.71. The van der Waals surface area contributed by atoms with Crippen LogP contribution in [0.5, 0.6) is 0 Å². The summed E-state index contributed by atoms with van der Waals surface area (Å²) in [6.45, 7) is -1.40. The van der Waals surface area contributed by atoms with Gasteiger partial charge in [0.05, 0.1) is 39.3 Å². The molecule has 0 fully saturated rings. The Morgan fingerprint density at radius 2 is 1.83 bits per heavy atom. The molecule has 5 nitrogen and oxygen atoms in total. The normalized spacial score (nSPS) is 13.8. The quantitative estimate of drug-likeness (QED) is 0.609. The van der Waals surface area contributed by atoms with Gasteiger partial charge >= 0.3 is 6.18 Å². The van der Waals surface area contributed by atoms with Gasteiger partial charge in [-0.15, -0.1) is 0 Å². The molecule has 9 heteroatoms. The summed E-state index contributed by atoms with van der Waals surface area (Å²) in [6.07, 6.45) is -4.31. The fraction of sp³-hybridized carbons (Fsp3) is 0.190. The van der Waals surface area contributed by atoms with E-state index in [0.717, 1.165) is 4.90 Å². The van der Waals surface area contributed by atoms with Gasteiger partial charge in [-0.05, 0) is 24.3 Å². The molecule has 0 spiro atoms. The molecule has 1 aliphatic rings. The van der Waals surface area contributed by atoms with Gasteiger partial charge < -0.3 is 4.90 Å². The second-order valence-corrected chi connectivity index (χ2v) is 7.22. The number of hydrogen-bond acceptors (Lipinski definition) is 3. The van der Waals surface area contributed by atoms with Crippen molar-refractivity contribution in [3.05, 3.63) is 70.4 Å². The van der Waals surface area contributed by atoms with E-state index >= 15 is 0 Å². The molecular weight excluding hydrogens is 417 g/mol. The molecule has 4 rings (SSSR count). The van der Waals surface area contributed by atoms with Crippen molar-refractivity contribution in [2.45, 2.75) is 12.6 Å². The lowest BCUT2D eigenvalue weighted by Crippen LogP contribution is -2.43. The lowest BCUT2D eigenvalue weighted by atomic mass is 9.99. The van der Waals surface area contributed by atoms with E-state index in [9.17, 15) is 18.0 Å². The molecule has 0 unspecified atom stereocenters. The number of para-hydroxylation sites is 1. The first-order valence-electron chi connectivity index (χ1n) is 9.02. The highest BCUT2D eigenvalue weighted by atomic mass is 35.5. The summed E-state index contributed by atoms with van der Waals surface area (Å²) in [4.78, 5) is 13.8. The number of hydrogen-bond donors (Lipinski definition) is 0. The summed E-state index contributed by atoms with van der Waals surface area (Å²) in [5.74, 6) is -0.730. The summed E-state index contributed by atoms with van der Waals surface area (Å²) >= 11 is 6.33. The van der Waals surface area contributed by atoms with Gasteiger partial charge in [0.1, 0.15) is 6.54 Å². The summed E-state index contributed by atoms with van der Waals surface area (Å²) < 4.78 is 40.4. The predicted molar refractivity (Wildman–Crippen MR) is 104 cm³/mol. The maximum Gasteiger partial charge on any atom is 0.406 e. The SMILES string of the molecule is N#Cc1ccc(-c2c3c(nn2-c2ccccc2Cl)CCN(CC(F)(F)F)C3=O)cc1. The molecular formula is C21H14ClF3N4O. The van der Waals surface area contributed by atoms with Crippen molar-refractivity contribution < 1.29 is 18.0 Å². The molecule has 0 saturated heterocycles. The molecule has 0 radical (unpaired) electrons. The van der Waals surface area contributed by atoms with Gasteiger partial charge in [0.2, 0.25) is 0 Å². The van der Waals surface area contributed by atoms with Gasteiger partial charge in [0, 0.05) is 18.5 Å². The van der Waals surface area contributed by atoms with Crippen molar-refractivity contribution in [3.63, 3.8) is 0 Å². The van der Waals surface area contributed by atoms with E-state index in [1.165, 1.54) is 4.68 Å². The molecule has 1 aromatic heterocycles. The number of fused-ring (bicyclic) bond motifs is 1. The van der Waals surface area contributed by atoms with E-state index in [1.54, 1.807) is 48.5 Å². The van der Waals surface area contributed by atoms with Crippen LogP contribution in [0.3, 0.4) is 0 Å². The van der Waals surface area contributed by atoms with Crippen LogP contribution in [0.1, 0.15) is 21.6 Å². The highest BCUT2D eigenvalue weighted by molar-refractivity contribution is 6.32. The van der Waals surface area contributed by atoms with Crippen LogP contribution in [-0.2, 0) is 6.42 Å². The minimum atomic E-state index is -4.50. The van der Waals surface area contributed by atoms with E-state index in [-0.39, 0.29) is 18.5 Å². The highest BCUT2D eigenvalue weighted by Crippen LogP contribution is 2.35. The van der Waals surface area contributed by atoms with Crippen molar-refractivity contribution in [2.75, 3.05) is 13.1 Å². The van der Waals surface area contributed by atoms with Gasteiger partial charge in [0.25, 0.3) is 5.91 Å². The zero-order valence-corrected chi connectivity index (χ0v) is 16.2. The molecule has 152 valence electrons. The number of alkyl halides is 3. The van der Waals surface area contributed by atoms with Crippen molar-refractivity contribution in [3.8, 4) is 23.0 Å². The smallest absolute Gasteiger partial charge is 0.329 e. The zero-order valence-electron chi connectivity index (χ0n) is 15.4. The molecule has 1 amide bonds. The number of amides is 1. The number of nitriles is 1. The van der Waals surface area contributed by atoms with E-state index < -0.39 is 18.6 Å². The first-order chi connectivity index (χ1) is 14.3. The van der Waals surface area contributed by atoms with E-state index in [4.69, 9.17) is 16.9 Å². The van der Waals surface area contributed by atoms with Crippen LogP contribution in [0.2, 0.25) is 5.02 Å². The van der Waals surface area contributed by atoms with Crippen LogP contribution in [0.4, 0.5) is 13.2 Å². The average molecular weight is 431 g/mol. The van der Waals surface area contributed by atoms with Crippen LogP contribution >= 0.6 is 11.6 Å². The van der Waals surface area contributed by atoms with E-state index in [2.05, 4.69) is 5.10 Å². The second kappa shape index (κ2) is 7.50. The van der Waals surface area contributed by atoms with Crippen molar-refractivity contribution in [1.82, 2.24) is 14.7 Å². The van der Waals surface area contributed by atoms with Gasteiger partial charge in [-0.25, -0.2) is 4.68 Å². The first-order valence-corrected chi connectivity index (χ1v) is 9.39. The van der Waals surface area contributed by atoms with Gasteiger partial charge in [-0.1, -0.05) is 35.9 Å². The van der Waals surface area contributed by atoms with Crippen LogP contribution < -0.4 is 0 Å². The molecule has 0 bridgehead atoms. The van der Waals surface area contributed by atoms with Gasteiger partial charge in [0.15, 0.2) is 0 Å². The third kappa shape index (κ3) is 3.64. The minimum Gasteiger partial charge on any atom is -0.329 e. The third-order valence-corrected chi connectivity index (χ3v) is 5.14. The van der Waals surface area contributed by atoms with Crippen LogP contribution in [0.15, 0.2) is 48.5 Å². The van der Waals surface area contributed by atoms with Crippen LogP contribution in [-0.4, -0.2) is 39.9 Å². The van der Waals surface area contributed by atoms with Crippen molar-refractivity contribution >= 4 is 17.5 Å². The number of carbonyl (C=O) groups excluding carboxylic acids is 1. The Hall–Kier alpha value is -3.31. The Morgan fingerprint density at radius 1 is 1.13 bits per heavy atom. The van der Waals surface area contributed by atoms with Gasteiger partial charge in [-0.3, -0.25) is 4.79 Å². The predicted octanol–water partition coefficient (Wildman–Crippen LogP) is 4.62. The molecule has 0 aliphatic carbocycles. The summed E-state index contributed by atoms with van der Waals surface area (Å²) in [6, 6.07) is 15.3. The molecule has 1 aliphatic heterocycles. The Morgan fingerprint density at radius 3 is 2.47 bits per heavy atom.